The summed E-state index contributed by atoms with van der Waals surface area (Å²) in [4.78, 5) is 16.6. The van der Waals surface area contributed by atoms with Crippen LogP contribution in [0.2, 0.25) is 5.02 Å². The fourth-order valence-electron chi connectivity index (χ4n) is 4.79. The average molecular weight is 412 g/mol. The van der Waals surface area contributed by atoms with Crippen LogP contribution in [0.15, 0.2) is 48.7 Å². The summed E-state index contributed by atoms with van der Waals surface area (Å²) in [5.41, 5.74) is 2.70. The number of rotatable bonds is 3. The molecule has 6 heteroatoms. The van der Waals surface area contributed by atoms with Crippen molar-refractivity contribution in [1.29, 1.82) is 0 Å². The van der Waals surface area contributed by atoms with Gasteiger partial charge in [0.05, 0.1) is 6.20 Å². The van der Waals surface area contributed by atoms with Crippen molar-refractivity contribution in [3.63, 3.8) is 0 Å². The number of fused-ring (bicyclic) bond motifs is 1. The minimum absolute atomic E-state index is 0.0312. The van der Waals surface area contributed by atoms with Gasteiger partial charge in [-0.3, -0.25) is 4.79 Å². The molecule has 0 radical (unpaired) electrons. The zero-order valence-electron chi connectivity index (χ0n) is 17.3. The standard InChI is InChI=1S/C23H27ClN4O/c1-22(2)13-17(14-23(3,4)27-22)25-21(29)20-26-19(15-8-7-9-16(24)12-15)18-10-5-6-11-28(18)20/h5-12,17,27H,13-14H2,1-4H3,(H,25,29)/p+1. The van der Waals surface area contributed by atoms with Crippen LogP contribution in [0.3, 0.4) is 0 Å². The maximum Gasteiger partial charge on any atom is 0.351 e. The molecule has 0 atom stereocenters. The van der Waals surface area contributed by atoms with Crippen LogP contribution in [0, 0.1) is 0 Å². The van der Waals surface area contributed by atoms with Gasteiger partial charge >= 0.3 is 11.7 Å². The summed E-state index contributed by atoms with van der Waals surface area (Å²) in [5, 5.41) is 7.58. The Labute approximate surface area is 176 Å². The van der Waals surface area contributed by atoms with Crippen LogP contribution >= 0.6 is 11.6 Å². The van der Waals surface area contributed by atoms with E-state index in [1.807, 2.05) is 53.1 Å². The number of piperidine rings is 1. The van der Waals surface area contributed by atoms with E-state index < -0.39 is 0 Å². The van der Waals surface area contributed by atoms with Gasteiger partial charge in [-0.2, -0.15) is 4.40 Å². The Morgan fingerprint density at radius 2 is 1.83 bits per heavy atom. The Bertz CT molecular complexity index is 1050. The number of nitrogens with zero attached hydrogens (tertiary/aromatic N) is 1. The summed E-state index contributed by atoms with van der Waals surface area (Å²) in [6.07, 6.45) is 3.67. The number of carbonyl (C=O) groups excluding carboxylic acids is 1. The van der Waals surface area contributed by atoms with Gasteiger partial charge < -0.3 is 10.6 Å². The van der Waals surface area contributed by atoms with Gasteiger partial charge in [-0.15, -0.1) is 0 Å². The van der Waals surface area contributed by atoms with E-state index in [9.17, 15) is 4.79 Å². The average Bonchev–Trinajstić information content (AvgIpc) is 2.99. The Kier molecular flexibility index (Phi) is 4.91. The van der Waals surface area contributed by atoms with E-state index in [4.69, 9.17) is 11.6 Å². The number of nitrogens with one attached hydrogen (secondary N) is 3. The summed E-state index contributed by atoms with van der Waals surface area (Å²) in [6.45, 7) is 8.73. The lowest BCUT2D eigenvalue weighted by atomic mass is 9.79. The largest absolute Gasteiger partial charge is 0.351 e. The summed E-state index contributed by atoms with van der Waals surface area (Å²) in [6, 6.07) is 13.7. The molecule has 1 fully saturated rings. The molecule has 152 valence electrons. The molecular weight excluding hydrogens is 384 g/mol. The second-order valence-corrected chi connectivity index (χ2v) is 9.72. The summed E-state index contributed by atoms with van der Waals surface area (Å²) >= 11 is 6.19. The maximum absolute atomic E-state index is 13.3. The third kappa shape index (κ3) is 4.16. The molecule has 2 aromatic heterocycles. The number of imidazole rings is 1. The van der Waals surface area contributed by atoms with Crippen LogP contribution < -0.4 is 15.0 Å². The van der Waals surface area contributed by atoms with E-state index in [0.29, 0.717) is 10.8 Å². The molecule has 1 aromatic carbocycles. The Morgan fingerprint density at radius 1 is 1.10 bits per heavy atom. The third-order valence-electron chi connectivity index (χ3n) is 5.45. The minimum Gasteiger partial charge on any atom is -0.343 e. The Balaban J connectivity index is 1.68. The molecule has 0 saturated carbocycles. The second kappa shape index (κ2) is 7.15. The highest BCUT2D eigenvalue weighted by molar-refractivity contribution is 6.30. The first-order valence-electron chi connectivity index (χ1n) is 10.0. The van der Waals surface area contributed by atoms with Gasteiger partial charge in [0.15, 0.2) is 11.2 Å². The highest BCUT2D eigenvalue weighted by Gasteiger charge is 2.39. The predicted octanol–water partition coefficient (Wildman–Crippen LogP) is 4.11. The number of hydrogen-bond acceptors (Lipinski definition) is 2. The lowest BCUT2D eigenvalue weighted by molar-refractivity contribution is -0.514. The number of amides is 1. The van der Waals surface area contributed by atoms with E-state index in [2.05, 4.69) is 43.3 Å². The van der Waals surface area contributed by atoms with E-state index in [-0.39, 0.29) is 23.0 Å². The predicted molar refractivity (Wildman–Crippen MR) is 116 cm³/mol. The molecule has 0 bridgehead atoms. The number of carbonyl (C=O) groups is 1. The van der Waals surface area contributed by atoms with Crippen molar-refractivity contribution in [2.75, 3.05) is 0 Å². The topological polar surface area (TPSA) is 61.0 Å². The number of aromatic amines is 1. The van der Waals surface area contributed by atoms with Crippen LogP contribution in [0.5, 0.6) is 0 Å². The molecule has 3 aromatic rings. The van der Waals surface area contributed by atoms with Crippen LogP contribution in [-0.2, 0) is 0 Å². The Morgan fingerprint density at radius 3 is 2.52 bits per heavy atom. The van der Waals surface area contributed by atoms with E-state index in [0.717, 1.165) is 29.6 Å². The minimum atomic E-state index is -0.0991. The summed E-state index contributed by atoms with van der Waals surface area (Å²) in [7, 11) is 0. The van der Waals surface area contributed by atoms with Crippen molar-refractivity contribution in [3.8, 4) is 11.3 Å². The van der Waals surface area contributed by atoms with Gasteiger partial charge in [0.25, 0.3) is 0 Å². The molecular formula is C23H28ClN4O+. The highest BCUT2D eigenvalue weighted by Crippen LogP contribution is 2.29. The molecule has 3 N–H and O–H groups in total. The van der Waals surface area contributed by atoms with Crippen LogP contribution in [0.1, 0.15) is 51.2 Å². The van der Waals surface area contributed by atoms with Gasteiger partial charge in [0, 0.05) is 27.7 Å². The molecule has 1 amide bonds. The first-order valence-corrected chi connectivity index (χ1v) is 10.4. The quantitative estimate of drug-likeness (QED) is 0.568. The fraction of sp³-hybridized carbons (Fsp3) is 0.391. The van der Waals surface area contributed by atoms with Gasteiger partial charge in [-0.05, 0) is 64.8 Å². The number of benzene rings is 1. The number of pyridine rings is 1. The van der Waals surface area contributed by atoms with E-state index in [1.165, 1.54) is 0 Å². The van der Waals surface area contributed by atoms with Crippen molar-refractivity contribution in [1.82, 2.24) is 15.6 Å². The van der Waals surface area contributed by atoms with Crippen LogP contribution in [0.25, 0.3) is 16.8 Å². The first-order chi connectivity index (χ1) is 13.6. The molecule has 0 spiro atoms. The van der Waals surface area contributed by atoms with Crippen molar-refractivity contribution in [2.24, 2.45) is 0 Å². The molecule has 0 aliphatic carbocycles. The molecule has 3 heterocycles. The summed E-state index contributed by atoms with van der Waals surface area (Å²) < 4.78 is 1.91. The van der Waals surface area contributed by atoms with Crippen molar-refractivity contribution in [3.05, 3.63) is 59.5 Å². The smallest absolute Gasteiger partial charge is 0.343 e. The number of halogens is 1. The van der Waals surface area contributed by atoms with Gasteiger partial charge in [0.1, 0.15) is 0 Å². The first kappa shape index (κ1) is 19.9. The van der Waals surface area contributed by atoms with E-state index in [1.54, 1.807) is 0 Å². The number of aromatic nitrogens is 2. The molecule has 4 rings (SSSR count). The number of hydrogen-bond donors (Lipinski definition) is 3. The molecule has 1 aliphatic rings. The molecule has 5 nitrogen and oxygen atoms in total. The van der Waals surface area contributed by atoms with Gasteiger partial charge in [-0.25, -0.2) is 4.98 Å². The third-order valence-corrected chi connectivity index (χ3v) is 5.69. The van der Waals surface area contributed by atoms with Gasteiger partial charge in [0.2, 0.25) is 0 Å². The molecule has 1 aliphatic heterocycles. The van der Waals surface area contributed by atoms with Crippen molar-refractivity contribution >= 4 is 23.0 Å². The Hall–Kier alpha value is -2.37. The lowest BCUT2D eigenvalue weighted by Gasteiger charge is -2.46. The summed E-state index contributed by atoms with van der Waals surface area (Å²) in [5.74, 6) is 0.419. The second-order valence-electron chi connectivity index (χ2n) is 9.29. The van der Waals surface area contributed by atoms with Gasteiger partial charge in [-0.1, -0.05) is 29.8 Å². The van der Waals surface area contributed by atoms with E-state index >= 15 is 0 Å². The molecule has 1 saturated heterocycles. The molecule has 0 unspecified atom stereocenters. The highest BCUT2D eigenvalue weighted by atomic mass is 35.5. The normalized spacial score (nSPS) is 18.7. The lowest BCUT2D eigenvalue weighted by Crippen LogP contribution is -2.62. The SMILES string of the molecule is CC1(C)CC(NC(=O)c2[nH]c(-c3cccc(Cl)c3)c3cccc[n+]23)CC(C)(C)N1. The molecule has 29 heavy (non-hydrogen) atoms. The maximum atomic E-state index is 13.3. The van der Waals surface area contributed by atoms with Crippen molar-refractivity contribution < 1.29 is 9.20 Å². The van der Waals surface area contributed by atoms with Crippen molar-refractivity contribution in [2.45, 2.75) is 57.7 Å². The monoisotopic (exact) mass is 411 g/mol. The zero-order chi connectivity index (χ0) is 20.8. The number of H-pyrrole nitrogens is 1. The van der Waals surface area contributed by atoms with Crippen LogP contribution in [0.4, 0.5) is 0 Å². The zero-order valence-corrected chi connectivity index (χ0v) is 18.1. The fourth-order valence-corrected chi connectivity index (χ4v) is 4.98. The van der Waals surface area contributed by atoms with Crippen LogP contribution in [-0.4, -0.2) is 28.0 Å².